The third-order valence-corrected chi connectivity index (χ3v) is 4.90. The van der Waals surface area contributed by atoms with Crippen LogP contribution in [0.5, 0.6) is 11.5 Å². The third kappa shape index (κ3) is 4.62. The van der Waals surface area contributed by atoms with E-state index in [1.165, 1.54) is 51.7 Å². The van der Waals surface area contributed by atoms with E-state index < -0.39 is 23.8 Å². The van der Waals surface area contributed by atoms with Crippen LogP contribution in [0, 0.1) is 0 Å². The van der Waals surface area contributed by atoms with Crippen LogP contribution in [0.25, 0.3) is 6.08 Å². The van der Waals surface area contributed by atoms with Gasteiger partial charge in [-0.15, -0.1) is 6.58 Å². The van der Waals surface area contributed by atoms with Crippen LogP contribution in [0.4, 0.5) is 10.5 Å². The molecule has 9 heteroatoms. The van der Waals surface area contributed by atoms with Gasteiger partial charge in [0.1, 0.15) is 5.57 Å². The Labute approximate surface area is 190 Å². The van der Waals surface area contributed by atoms with Crippen molar-refractivity contribution in [3.8, 4) is 11.5 Å². The molecule has 1 N–H and O–H groups in total. The van der Waals surface area contributed by atoms with E-state index in [1.807, 2.05) is 0 Å². The number of nitrogens with zero attached hydrogens (tertiary/aromatic N) is 1. The number of carbonyl (C=O) groups excluding carboxylic acids is 4. The minimum absolute atomic E-state index is 0.184. The largest absolute Gasteiger partial charge is 0.493 e. The van der Waals surface area contributed by atoms with Gasteiger partial charge < -0.3 is 14.2 Å². The molecule has 170 valence electrons. The highest BCUT2D eigenvalue weighted by molar-refractivity contribution is 6.39. The zero-order chi connectivity index (χ0) is 24.1. The topological polar surface area (TPSA) is 111 Å². The number of barbiturate groups is 1. The SMILES string of the molecule is C=CCc1cc(C=C2C(=O)NC(=O)N(c3ccc(C(=O)OC)cc3)C2=O)cc(OC)c1OC. The summed E-state index contributed by atoms with van der Waals surface area (Å²) in [5.74, 6) is -1.27. The summed E-state index contributed by atoms with van der Waals surface area (Å²) in [5, 5.41) is 2.16. The zero-order valence-electron chi connectivity index (χ0n) is 18.3. The molecule has 9 nitrogen and oxygen atoms in total. The first-order chi connectivity index (χ1) is 15.8. The Balaban J connectivity index is 2.03. The lowest BCUT2D eigenvalue weighted by Gasteiger charge is -2.26. The quantitative estimate of drug-likeness (QED) is 0.299. The van der Waals surface area contributed by atoms with Crippen LogP contribution in [-0.4, -0.2) is 45.1 Å². The fraction of sp³-hybridized carbons (Fsp3) is 0.167. The predicted molar refractivity (Wildman–Crippen MR) is 120 cm³/mol. The Hall–Kier alpha value is -4.40. The first kappa shape index (κ1) is 23.3. The maximum atomic E-state index is 13.1. The van der Waals surface area contributed by atoms with Crippen molar-refractivity contribution < 1.29 is 33.4 Å². The van der Waals surface area contributed by atoms with E-state index in [-0.39, 0.29) is 16.8 Å². The van der Waals surface area contributed by atoms with Gasteiger partial charge in [-0.1, -0.05) is 6.08 Å². The number of ether oxygens (including phenoxy) is 3. The number of esters is 1. The maximum Gasteiger partial charge on any atom is 0.337 e. The highest BCUT2D eigenvalue weighted by Crippen LogP contribution is 2.34. The normalized spacial score (nSPS) is 14.7. The number of hydrogen-bond donors (Lipinski definition) is 1. The summed E-state index contributed by atoms with van der Waals surface area (Å²) in [7, 11) is 4.23. The second-order valence-corrected chi connectivity index (χ2v) is 6.90. The summed E-state index contributed by atoms with van der Waals surface area (Å²) < 4.78 is 15.4. The number of benzene rings is 2. The second-order valence-electron chi connectivity index (χ2n) is 6.90. The van der Waals surface area contributed by atoms with Crippen molar-refractivity contribution in [1.82, 2.24) is 5.32 Å². The molecule has 0 unspecified atom stereocenters. The summed E-state index contributed by atoms with van der Waals surface area (Å²) in [4.78, 5) is 50.5. The summed E-state index contributed by atoms with van der Waals surface area (Å²) in [6, 6.07) is 8.11. The van der Waals surface area contributed by atoms with E-state index in [4.69, 9.17) is 9.47 Å². The minimum Gasteiger partial charge on any atom is -0.493 e. The van der Waals surface area contributed by atoms with Gasteiger partial charge in [0.25, 0.3) is 11.8 Å². The number of hydrogen-bond acceptors (Lipinski definition) is 7. The summed E-state index contributed by atoms with van der Waals surface area (Å²) in [5.41, 5.74) is 1.43. The monoisotopic (exact) mass is 450 g/mol. The maximum absolute atomic E-state index is 13.1. The average molecular weight is 450 g/mol. The highest BCUT2D eigenvalue weighted by Gasteiger charge is 2.37. The van der Waals surface area contributed by atoms with E-state index in [2.05, 4.69) is 16.6 Å². The molecule has 2 aromatic carbocycles. The molecule has 1 fully saturated rings. The second kappa shape index (κ2) is 9.82. The lowest BCUT2D eigenvalue weighted by Crippen LogP contribution is -2.54. The number of methoxy groups -OCH3 is 3. The third-order valence-electron chi connectivity index (χ3n) is 4.90. The fourth-order valence-electron chi connectivity index (χ4n) is 3.38. The Kier molecular flexibility index (Phi) is 6.92. The van der Waals surface area contributed by atoms with Gasteiger partial charge >= 0.3 is 12.0 Å². The lowest BCUT2D eigenvalue weighted by atomic mass is 10.0. The number of carbonyl (C=O) groups is 4. The first-order valence-corrected chi connectivity index (χ1v) is 9.80. The first-order valence-electron chi connectivity index (χ1n) is 9.80. The van der Waals surface area contributed by atoms with Crippen LogP contribution in [-0.2, 0) is 20.7 Å². The molecule has 1 aliphatic rings. The van der Waals surface area contributed by atoms with Crippen LogP contribution in [0.15, 0.2) is 54.6 Å². The Bertz CT molecular complexity index is 1170. The molecule has 0 atom stereocenters. The van der Waals surface area contributed by atoms with Gasteiger partial charge in [-0.2, -0.15) is 0 Å². The number of anilines is 1. The van der Waals surface area contributed by atoms with Crippen molar-refractivity contribution in [3.05, 3.63) is 71.3 Å². The van der Waals surface area contributed by atoms with E-state index in [1.54, 1.807) is 18.2 Å². The van der Waals surface area contributed by atoms with E-state index in [0.29, 0.717) is 23.5 Å². The minimum atomic E-state index is -0.896. The van der Waals surface area contributed by atoms with Crippen molar-refractivity contribution in [2.24, 2.45) is 0 Å². The van der Waals surface area contributed by atoms with Crippen LogP contribution in [0.2, 0.25) is 0 Å². The fourth-order valence-corrected chi connectivity index (χ4v) is 3.38. The molecule has 0 radical (unpaired) electrons. The number of urea groups is 1. The summed E-state index contributed by atoms with van der Waals surface area (Å²) in [6.07, 6.45) is 3.52. The molecule has 0 aromatic heterocycles. The van der Waals surface area contributed by atoms with Crippen molar-refractivity contribution in [3.63, 3.8) is 0 Å². The Morgan fingerprint density at radius 2 is 1.76 bits per heavy atom. The molecule has 3 rings (SSSR count). The number of nitrogens with one attached hydrogen (secondary N) is 1. The van der Waals surface area contributed by atoms with Gasteiger partial charge in [-0.05, 0) is 54.5 Å². The molecule has 1 aliphatic heterocycles. The average Bonchev–Trinajstić information content (AvgIpc) is 2.81. The highest BCUT2D eigenvalue weighted by atomic mass is 16.5. The molecule has 33 heavy (non-hydrogen) atoms. The van der Waals surface area contributed by atoms with Crippen molar-refractivity contribution in [2.45, 2.75) is 6.42 Å². The van der Waals surface area contributed by atoms with Crippen LogP contribution in [0.1, 0.15) is 21.5 Å². The van der Waals surface area contributed by atoms with Gasteiger partial charge in [0.2, 0.25) is 0 Å². The molecule has 0 saturated carbocycles. The molecule has 4 amide bonds. The van der Waals surface area contributed by atoms with Crippen molar-refractivity contribution in [1.29, 1.82) is 0 Å². The Morgan fingerprint density at radius 1 is 1.06 bits per heavy atom. The smallest absolute Gasteiger partial charge is 0.337 e. The van der Waals surface area contributed by atoms with Crippen molar-refractivity contribution >= 4 is 35.6 Å². The van der Waals surface area contributed by atoms with Crippen LogP contribution < -0.4 is 19.7 Å². The molecule has 1 saturated heterocycles. The van der Waals surface area contributed by atoms with Gasteiger partial charge in [-0.3, -0.25) is 14.9 Å². The Morgan fingerprint density at radius 3 is 2.33 bits per heavy atom. The van der Waals surface area contributed by atoms with Gasteiger partial charge in [0.05, 0.1) is 32.6 Å². The summed E-state index contributed by atoms with van der Waals surface area (Å²) >= 11 is 0. The van der Waals surface area contributed by atoms with E-state index in [9.17, 15) is 19.2 Å². The standard InChI is InChI=1S/C24H22N2O7/c1-5-6-16-11-14(13-19(31-2)20(16)32-3)12-18-21(27)25-24(30)26(22(18)28)17-9-7-15(8-10-17)23(29)33-4/h5,7-13H,1,6H2,2-4H3,(H,25,27,30). The molecule has 0 aliphatic carbocycles. The number of imide groups is 2. The van der Waals surface area contributed by atoms with Gasteiger partial charge in [-0.25, -0.2) is 14.5 Å². The molecule has 0 spiro atoms. The lowest BCUT2D eigenvalue weighted by molar-refractivity contribution is -0.122. The molecule has 2 aromatic rings. The number of allylic oxidation sites excluding steroid dienone is 1. The molecular weight excluding hydrogens is 428 g/mol. The van der Waals surface area contributed by atoms with Crippen LogP contribution >= 0.6 is 0 Å². The van der Waals surface area contributed by atoms with Crippen LogP contribution in [0.3, 0.4) is 0 Å². The van der Waals surface area contributed by atoms with Gasteiger partial charge in [0.15, 0.2) is 11.5 Å². The number of rotatable bonds is 7. The van der Waals surface area contributed by atoms with E-state index in [0.717, 1.165) is 10.5 Å². The summed E-state index contributed by atoms with van der Waals surface area (Å²) in [6.45, 7) is 3.73. The van der Waals surface area contributed by atoms with Crippen molar-refractivity contribution in [2.75, 3.05) is 26.2 Å². The molecule has 0 bridgehead atoms. The molecular formula is C24H22N2O7. The van der Waals surface area contributed by atoms with E-state index >= 15 is 0 Å². The zero-order valence-corrected chi connectivity index (χ0v) is 18.3. The molecule has 1 heterocycles. The predicted octanol–water partition coefficient (Wildman–Crippen LogP) is 2.89. The number of amides is 4. The van der Waals surface area contributed by atoms with Gasteiger partial charge in [0, 0.05) is 5.56 Å².